The first kappa shape index (κ1) is 10.3. The Morgan fingerprint density at radius 2 is 1.80 bits per heavy atom. The summed E-state index contributed by atoms with van der Waals surface area (Å²) in [4.78, 5) is 0. The quantitative estimate of drug-likeness (QED) is 0.707. The van der Waals surface area contributed by atoms with Crippen LogP contribution in [-0.4, -0.2) is 37.6 Å². The summed E-state index contributed by atoms with van der Waals surface area (Å²) in [6.07, 6.45) is 0.273. The Morgan fingerprint density at radius 3 is 2.33 bits per heavy atom. The minimum atomic E-state index is 0.0251. The Kier molecular flexibility index (Phi) is 3.42. The molecule has 1 saturated heterocycles. The summed E-state index contributed by atoms with van der Waals surface area (Å²) in [6.45, 7) is 1.75. The van der Waals surface area contributed by atoms with Crippen LogP contribution in [0.1, 0.15) is 0 Å². The van der Waals surface area contributed by atoms with Crippen LogP contribution in [0.2, 0.25) is 0 Å². The molecule has 4 heteroatoms. The van der Waals surface area contributed by atoms with Crippen molar-refractivity contribution in [1.82, 2.24) is 0 Å². The number of epoxide rings is 1. The van der Waals surface area contributed by atoms with Crippen molar-refractivity contribution in [2.45, 2.75) is 6.10 Å². The normalized spacial score (nSPS) is 18.6. The molecule has 4 nitrogen and oxygen atoms in total. The highest BCUT2D eigenvalue weighted by atomic mass is 16.6. The zero-order valence-corrected chi connectivity index (χ0v) is 8.39. The van der Waals surface area contributed by atoms with Gasteiger partial charge < -0.3 is 19.3 Å². The Morgan fingerprint density at radius 1 is 1.20 bits per heavy atom. The second-order valence-corrected chi connectivity index (χ2v) is 3.31. The van der Waals surface area contributed by atoms with Gasteiger partial charge in [-0.15, -0.1) is 0 Å². The van der Waals surface area contributed by atoms with Crippen molar-refractivity contribution in [3.05, 3.63) is 24.3 Å². The van der Waals surface area contributed by atoms with Gasteiger partial charge in [0.25, 0.3) is 0 Å². The van der Waals surface area contributed by atoms with E-state index >= 15 is 0 Å². The van der Waals surface area contributed by atoms with Crippen LogP contribution in [-0.2, 0) is 4.74 Å². The number of ether oxygens (including phenoxy) is 3. The molecule has 1 aromatic rings. The summed E-state index contributed by atoms with van der Waals surface area (Å²) in [7, 11) is 0. The highest BCUT2D eigenvalue weighted by Gasteiger charge is 2.22. The third-order valence-corrected chi connectivity index (χ3v) is 2.02. The van der Waals surface area contributed by atoms with E-state index < -0.39 is 0 Å². The third kappa shape index (κ3) is 3.42. The van der Waals surface area contributed by atoms with Crippen LogP contribution < -0.4 is 9.47 Å². The molecule has 1 atom stereocenters. The first-order chi connectivity index (χ1) is 7.38. The van der Waals surface area contributed by atoms with E-state index in [1.54, 1.807) is 0 Å². The van der Waals surface area contributed by atoms with E-state index in [0.717, 1.165) is 18.1 Å². The molecule has 2 rings (SSSR count). The maximum Gasteiger partial charge on any atom is 0.119 e. The van der Waals surface area contributed by atoms with E-state index in [-0.39, 0.29) is 12.7 Å². The van der Waals surface area contributed by atoms with Crippen LogP contribution in [0, 0.1) is 0 Å². The van der Waals surface area contributed by atoms with Gasteiger partial charge in [-0.1, -0.05) is 0 Å². The molecule has 1 aliphatic rings. The maximum atomic E-state index is 8.57. The van der Waals surface area contributed by atoms with E-state index in [1.165, 1.54) is 0 Å². The Bertz CT molecular complexity index is 292. The molecular weight excluding hydrogens is 196 g/mol. The van der Waals surface area contributed by atoms with Gasteiger partial charge in [0.15, 0.2) is 0 Å². The second kappa shape index (κ2) is 5.00. The van der Waals surface area contributed by atoms with E-state index in [1.807, 2.05) is 24.3 Å². The summed E-state index contributed by atoms with van der Waals surface area (Å²) in [6, 6.07) is 7.32. The fraction of sp³-hybridized carbons (Fsp3) is 0.455. The predicted molar refractivity (Wildman–Crippen MR) is 54.3 cm³/mol. The standard InChI is InChI=1S/C11H14O4/c12-5-6-13-9-1-3-10(4-2-9)14-7-11-8-15-11/h1-4,11-12H,5-8H2. The van der Waals surface area contributed by atoms with Crippen molar-refractivity contribution < 1.29 is 19.3 Å². The highest BCUT2D eigenvalue weighted by molar-refractivity contribution is 5.31. The van der Waals surface area contributed by atoms with Crippen molar-refractivity contribution >= 4 is 0 Å². The number of hydrogen-bond acceptors (Lipinski definition) is 4. The van der Waals surface area contributed by atoms with Gasteiger partial charge in [0, 0.05) is 0 Å². The second-order valence-electron chi connectivity index (χ2n) is 3.31. The molecule has 1 aliphatic heterocycles. The number of benzene rings is 1. The van der Waals surface area contributed by atoms with Gasteiger partial charge in [0.2, 0.25) is 0 Å². The lowest BCUT2D eigenvalue weighted by Gasteiger charge is -2.06. The van der Waals surface area contributed by atoms with Gasteiger partial charge in [-0.3, -0.25) is 0 Å². The molecule has 0 spiro atoms. The molecule has 1 N–H and O–H groups in total. The summed E-state index contributed by atoms with van der Waals surface area (Å²) < 4.78 is 15.7. The molecule has 0 saturated carbocycles. The van der Waals surface area contributed by atoms with Crippen LogP contribution in [0.15, 0.2) is 24.3 Å². The SMILES string of the molecule is OCCOc1ccc(OCC2CO2)cc1. The first-order valence-corrected chi connectivity index (χ1v) is 4.96. The third-order valence-electron chi connectivity index (χ3n) is 2.02. The number of rotatable bonds is 6. The van der Waals surface area contributed by atoms with Gasteiger partial charge in [-0.2, -0.15) is 0 Å². The van der Waals surface area contributed by atoms with Crippen molar-refractivity contribution in [3.8, 4) is 11.5 Å². The Hall–Kier alpha value is -1.26. The average molecular weight is 210 g/mol. The molecule has 0 radical (unpaired) electrons. The molecule has 0 amide bonds. The average Bonchev–Trinajstić information content (AvgIpc) is 3.09. The molecule has 1 fully saturated rings. The van der Waals surface area contributed by atoms with Crippen molar-refractivity contribution in [2.24, 2.45) is 0 Å². The Balaban J connectivity index is 1.79. The van der Waals surface area contributed by atoms with E-state index in [0.29, 0.717) is 13.2 Å². The molecule has 0 aliphatic carbocycles. The molecule has 1 aromatic carbocycles. The zero-order chi connectivity index (χ0) is 10.5. The molecule has 1 unspecified atom stereocenters. The van der Waals surface area contributed by atoms with Gasteiger partial charge >= 0.3 is 0 Å². The predicted octanol–water partition coefficient (Wildman–Crippen LogP) is 0.835. The van der Waals surface area contributed by atoms with E-state index in [9.17, 15) is 0 Å². The largest absolute Gasteiger partial charge is 0.491 e. The fourth-order valence-corrected chi connectivity index (χ4v) is 1.15. The topological polar surface area (TPSA) is 51.2 Å². The van der Waals surface area contributed by atoms with Crippen LogP contribution in [0.5, 0.6) is 11.5 Å². The number of hydrogen-bond donors (Lipinski definition) is 1. The van der Waals surface area contributed by atoms with Crippen LogP contribution in [0.3, 0.4) is 0 Å². The lowest BCUT2D eigenvalue weighted by atomic mass is 10.3. The fourth-order valence-electron chi connectivity index (χ4n) is 1.15. The monoisotopic (exact) mass is 210 g/mol. The minimum absolute atomic E-state index is 0.0251. The van der Waals surface area contributed by atoms with Gasteiger partial charge in [-0.25, -0.2) is 0 Å². The van der Waals surface area contributed by atoms with Gasteiger partial charge in [0.1, 0.15) is 30.8 Å². The van der Waals surface area contributed by atoms with Crippen LogP contribution >= 0.6 is 0 Å². The van der Waals surface area contributed by atoms with Crippen molar-refractivity contribution in [2.75, 3.05) is 26.4 Å². The lowest BCUT2D eigenvalue weighted by molar-refractivity contribution is 0.201. The highest BCUT2D eigenvalue weighted by Crippen LogP contribution is 2.19. The molecular formula is C11H14O4. The lowest BCUT2D eigenvalue weighted by Crippen LogP contribution is -2.04. The van der Waals surface area contributed by atoms with E-state index in [2.05, 4.69) is 0 Å². The minimum Gasteiger partial charge on any atom is -0.491 e. The molecule has 0 bridgehead atoms. The Labute approximate surface area is 88.4 Å². The molecule has 1 heterocycles. The summed E-state index contributed by atoms with van der Waals surface area (Å²) in [5, 5.41) is 8.57. The number of aliphatic hydroxyl groups is 1. The number of aliphatic hydroxyl groups excluding tert-OH is 1. The summed E-state index contributed by atoms with van der Waals surface area (Å²) in [5.74, 6) is 1.54. The van der Waals surface area contributed by atoms with Crippen LogP contribution in [0.25, 0.3) is 0 Å². The first-order valence-electron chi connectivity index (χ1n) is 4.96. The van der Waals surface area contributed by atoms with Crippen LogP contribution in [0.4, 0.5) is 0 Å². The summed E-state index contributed by atoms with van der Waals surface area (Å²) >= 11 is 0. The maximum absolute atomic E-state index is 8.57. The van der Waals surface area contributed by atoms with Gasteiger partial charge in [0.05, 0.1) is 13.2 Å². The zero-order valence-electron chi connectivity index (χ0n) is 8.39. The van der Waals surface area contributed by atoms with Gasteiger partial charge in [-0.05, 0) is 24.3 Å². The molecule has 15 heavy (non-hydrogen) atoms. The summed E-state index contributed by atoms with van der Waals surface area (Å²) in [5.41, 5.74) is 0. The molecule has 82 valence electrons. The smallest absolute Gasteiger partial charge is 0.119 e. The van der Waals surface area contributed by atoms with Crippen molar-refractivity contribution in [3.63, 3.8) is 0 Å². The molecule has 0 aromatic heterocycles. The van der Waals surface area contributed by atoms with Crippen molar-refractivity contribution in [1.29, 1.82) is 0 Å². The van der Waals surface area contributed by atoms with E-state index in [4.69, 9.17) is 19.3 Å².